The number of rotatable bonds is 13. The fourth-order valence-electron chi connectivity index (χ4n) is 5.37. The van der Waals surface area contributed by atoms with Crippen molar-refractivity contribution in [1.29, 1.82) is 0 Å². The summed E-state index contributed by atoms with van der Waals surface area (Å²) in [7, 11) is 0. The zero-order valence-electron chi connectivity index (χ0n) is 25.3. The molecule has 0 saturated carbocycles. The van der Waals surface area contributed by atoms with E-state index < -0.39 is 29.8 Å². The van der Waals surface area contributed by atoms with Gasteiger partial charge in [0.1, 0.15) is 25.2 Å². The van der Waals surface area contributed by atoms with E-state index in [1.54, 1.807) is 30.3 Å². The minimum atomic E-state index is -0.954. The van der Waals surface area contributed by atoms with Crippen LogP contribution < -0.4 is 25.4 Å². The summed E-state index contributed by atoms with van der Waals surface area (Å²) in [4.78, 5) is 57.1. The number of aromatic amines is 1. The van der Waals surface area contributed by atoms with E-state index in [0.717, 1.165) is 22.0 Å². The molecule has 4 N–H and O–H groups in total. The number of hydrogen-bond acceptors (Lipinski definition) is 6. The van der Waals surface area contributed by atoms with E-state index in [4.69, 9.17) is 9.47 Å². The summed E-state index contributed by atoms with van der Waals surface area (Å²) in [5.41, 5.74) is 3.18. The van der Waals surface area contributed by atoms with Crippen molar-refractivity contribution in [2.75, 3.05) is 26.3 Å². The van der Waals surface area contributed by atoms with Gasteiger partial charge in [0.25, 0.3) is 5.91 Å². The Labute approximate surface area is 261 Å². The number of para-hydroxylation sites is 1. The molecule has 2 unspecified atom stereocenters. The Balaban J connectivity index is 1.31. The van der Waals surface area contributed by atoms with Gasteiger partial charge in [0.2, 0.25) is 17.7 Å². The first-order valence-corrected chi connectivity index (χ1v) is 15.0. The lowest BCUT2D eigenvalue weighted by atomic mass is 10.0. The fourth-order valence-corrected chi connectivity index (χ4v) is 5.37. The Morgan fingerprint density at radius 1 is 0.956 bits per heavy atom. The van der Waals surface area contributed by atoms with Crippen molar-refractivity contribution in [3.8, 4) is 11.5 Å². The summed E-state index contributed by atoms with van der Waals surface area (Å²) in [5.74, 6) is -0.511. The summed E-state index contributed by atoms with van der Waals surface area (Å²) < 4.78 is 11.4. The number of piperazine rings is 1. The van der Waals surface area contributed by atoms with E-state index in [1.807, 2.05) is 62.5 Å². The second-order valence-electron chi connectivity index (χ2n) is 10.7. The van der Waals surface area contributed by atoms with Gasteiger partial charge in [0.15, 0.2) is 11.5 Å². The molecule has 45 heavy (non-hydrogen) atoms. The number of fused-ring (bicyclic) bond motifs is 1. The number of carbonyl (C=O) groups excluding carboxylic acids is 4. The molecule has 0 radical (unpaired) electrons. The van der Waals surface area contributed by atoms with Crippen LogP contribution in [-0.4, -0.2) is 65.9 Å². The number of H-pyrrole nitrogens is 1. The van der Waals surface area contributed by atoms with Gasteiger partial charge in [-0.15, -0.1) is 0 Å². The highest BCUT2D eigenvalue weighted by Gasteiger charge is 2.35. The van der Waals surface area contributed by atoms with Gasteiger partial charge in [-0.25, -0.2) is 0 Å². The molecule has 3 aromatic carbocycles. The molecule has 4 aromatic rings. The molecule has 1 saturated heterocycles. The zero-order valence-corrected chi connectivity index (χ0v) is 25.3. The number of hydrogen-bond donors (Lipinski definition) is 4. The molecule has 0 spiro atoms. The highest BCUT2D eigenvalue weighted by Crippen LogP contribution is 2.28. The third kappa shape index (κ3) is 7.61. The highest BCUT2D eigenvalue weighted by molar-refractivity contribution is 5.98. The van der Waals surface area contributed by atoms with Gasteiger partial charge in [0.05, 0.1) is 13.2 Å². The second kappa shape index (κ2) is 14.4. The van der Waals surface area contributed by atoms with Crippen LogP contribution in [0.1, 0.15) is 36.6 Å². The molecule has 4 amide bonds. The Morgan fingerprint density at radius 3 is 2.47 bits per heavy atom. The van der Waals surface area contributed by atoms with Crippen LogP contribution in [0.3, 0.4) is 0 Å². The van der Waals surface area contributed by atoms with Crippen molar-refractivity contribution in [2.24, 2.45) is 0 Å². The molecule has 5 rings (SSSR count). The molecule has 0 bridgehead atoms. The van der Waals surface area contributed by atoms with E-state index in [-0.39, 0.29) is 32.0 Å². The van der Waals surface area contributed by atoms with E-state index in [1.165, 1.54) is 4.90 Å². The normalized spacial score (nSPS) is 15.3. The van der Waals surface area contributed by atoms with Gasteiger partial charge in [-0.05, 0) is 48.7 Å². The lowest BCUT2D eigenvalue weighted by Crippen LogP contribution is -2.57. The number of nitrogens with one attached hydrogen (secondary N) is 4. The first kappa shape index (κ1) is 31.1. The van der Waals surface area contributed by atoms with Crippen LogP contribution in [0.5, 0.6) is 11.5 Å². The van der Waals surface area contributed by atoms with Crippen LogP contribution in [0.2, 0.25) is 0 Å². The summed E-state index contributed by atoms with van der Waals surface area (Å²) in [6, 6.07) is 20.2. The van der Waals surface area contributed by atoms with E-state index >= 15 is 0 Å². The average Bonchev–Trinajstić information content (AvgIpc) is 3.45. The molecular formula is C34H37N5O6. The lowest BCUT2D eigenvalue weighted by molar-refractivity contribution is -0.146. The minimum Gasteiger partial charge on any atom is -0.490 e. The van der Waals surface area contributed by atoms with Gasteiger partial charge in [-0.1, -0.05) is 54.6 Å². The predicted molar refractivity (Wildman–Crippen MR) is 168 cm³/mol. The number of benzene rings is 3. The van der Waals surface area contributed by atoms with Gasteiger partial charge in [-0.3, -0.25) is 19.2 Å². The molecule has 1 aliphatic rings. The summed E-state index contributed by atoms with van der Waals surface area (Å²) >= 11 is 0. The van der Waals surface area contributed by atoms with E-state index in [0.29, 0.717) is 30.3 Å². The molecule has 1 fully saturated rings. The molecule has 1 aromatic heterocycles. The highest BCUT2D eigenvalue weighted by atomic mass is 16.5. The first-order chi connectivity index (χ1) is 21.9. The Kier molecular flexibility index (Phi) is 9.98. The molecule has 2 atom stereocenters. The number of ether oxygens (including phenoxy) is 2. The van der Waals surface area contributed by atoms with Crippen molar-refractivity contribution in [1.82, 2.24) is 25.8 Å². The monoisotopic (exact) mass is 611 g/mol. The van der Waals surface area contributed by atoms with Crippen LogP contribution in [0.25, 0.3) is 10.9 Å². The summed E-state index contributed by atoms with van der Waals surface area (Å²) in [6.07, 6.45) is 2.02. The molecule has 1 aliphatic heterocycles. The zero-order chi connectivity index (χ0) is 31.8. The molecule has 234 valence electrons. The number of aromatic nitrogens is 1. The van der Waals surface area contributed by atoms with Crippen molar-refractivity contribution in [3.05, 3.63) is 95.7 Å². The van der Waals surface area contributed by atoms with Crippen LogP contribution in [-0.2, 0) is 32.1 Å². The molecule has 11 nitrogen and oxygen atoms in total. The van der Waals surface area contributed by atoms with Crippen LogP contribution in [0.4, 0.5) is 0 Å². The summed E-state index contributed by atoms with van der Waals surface area (Å²) in [5, 5.41) is 9.38. The fraction of sp³-hybridized carbons (Fsp3) is 0.294. The van der Waals surface area contributed by atoms with E-state index in [2.05, 4.69) is 20.9 Å². The maximum atomic E-state index is 13.6. The van der Waals surface area contributed by atoms with Crippen LogP contribution in [0.15, 0.2) is 79.0 Å². The Morgan fingerprint density at radius 2 is 1.69 bits per heavy atom. The Hall–Kier alpha value is -5.32. The topological polar surface area (TPSA) is 142 Å². The van der Waals surface area contributed by atoms with Crippen LogP contribution in [0, 0.1) is 0 Å². The predicted octanol–water partition coefficient (Wildman–Crippen LogP) is 3.01. The molecule has 11 heteroatoms. The van der Waals surface area contributed by atoms with Gasteiger partial charge < -0.3 is 35.3 Å². The standard InChI is InChI=1S/C34H37N5O6/c1-3-44-28-15-14-22(16-29(28)45-4-2)18-36-33(42)27(17-24-19-35-26-13-9-8-12-25(24)26)37-30(40)20-39-21-31(41)38-32(34(39)43)23-10-6-5-7-11-23/h5-16,19,27,32,35H,3-4,17-18,20-21H2,1-2H3,(H,36,42)(H,37,40)(H,38,41). The van der Waals surface area contributed by atoms with Gasteiger partial charge in [-0.2, -0.15) is 0 Å². The lowest BCUT2D eigenvalue weighted by Gasteiger charge is -2.32. The third-order valence-corrected chi connectivity index (χ3v) is 7.49. The van der Waals surface area contributed by atoms with Crippen molar-refractivity contribution >= 4 is 34.5 Å². The van der Waals surface area contributed by atoms with Crippen LogP contribution >= 0.6 is 0 Å². The average molecular weight is 612 g/mol. The first-order valence-electron chi connectivity index (χ1n) is 15.0. The number of carbonyl (C=O) groups is 4. The van der Waals surface area contributed by atoms with Gasteiger partial charge >= 0.3 is 0 Å². The smallest absolute Gasteiger partial charge is 0.250 e. The second-order valence-corrected chi connectivity index (χ2v) is 10.7. The van der Waals surface area contributed by atoms with Crippen molar-refractivity contribution in [3.63, 3.8) is 0 Å². The maximum absolute atomic E-state index is 13.6. The van der Waals surface area contributed by atoms with Crippen molar-refractivity contribution in [2.45, 2.75) is 38.9 Å². The number of nitrogens with zero attached hydrogens (tertiary/aromatic N) is 1. The SMILES string of the molecule is CCOc1ccc(CNC(=O)C(Cc2c[nH]c3ccccc23)NC(=O)CN2CC(=O)NC(c3ccccc3)C2=O)cc1OCC. The largest absolute Gasteiger partial charge is 0.490 e. The number of amides is 4. The third-order valence-electron chi connectivity index (χ3n) is 7.49. The van der Waals surface area contributed by atoms with E-state index in [9.17, 15) is 19.2 Å². The molecule has 0 aliphatic carbocycles. The Bertz CT molecular complexity index is 1670. The van der Waals surface area contributed by atoms with Crippen molar-refractivity contribution < 1.29 is 28.7 Å². The minimum absolute atomic E-state index is 0.190. The summed E-state index contributed by atoms with van der Waals surface area (Å²) in [6.45, 7) is 4.29. The van der Waals surface area contributed by atoms with Gasteiger partial charge in [0, 0.05) is 30.1 Å². The molecular weight excluding hydrogens is 574 g/mol. The molecule has 2 heterocycles. The quantitative estimate of drug-likeness (QED) is 0.183. The maximum Gasteiger partial charge on any atom is 0.250 e.